The molecule has 0 saturated carbocycles. The molecule has 0 aliphatic heterocycles. The van der Waals surface area contributed by atoms with Gasteiger partial charge in [-0.3, -0.25) is 0 Å². The Morgan fingerprint density at radius 2 is 1.47 bits per heavy atom. The molecular formula is C27H27NO4. The highest BCUT2D eigenvalue weighted by atomic mass is 16.5. The van der Waals surface area contributed by atoms with E-state index >= 15 is 0 Å². The van der Waals surface area contributed by atoms with Crippen LogP contribution in [0, 0.1) is 0 Å². The van der Waals surface area contributed by atoms with Crippen molar-refractivity contribution in [2.24, 2.45) is 0 Å². The molecule has 164 valence electrons. The highest BCUT2D eigenvalue weighted by molar-refractivity contribution is 5.95. The third kappa shape index (κ3) is 5.79. The second kappa shape index (κ2) is 10.9. The average molecular weight is 430 g/mol. The van der Waals surface area contributed by atoms with Gasteiger partial charge >= 0.3 is 5.97 Å². The van der Waals surface area contributed by atoms with Gasteiger partial charge in [-0.1, -0.05) is 60.7 Å². The number of carbonyl (C=O) groups is 1. The van der Waals surface area contributed by atoms with E-state index in [0.29, 0.717) is 22.9 Å². The van der Waals surface area contributed by atoms with Gasteiger partial charge in [0.05, 0.1) is 19.9 Å². The lowest BCUT2D eigenvalue weighted by Gasteiger charge is -2.22. The van der Waals surface area contributed by atoms with Gasteiger partial charge in [-0.2, -0.15) is 0 Å². The van der Waals surface area contributed by atoms with Gasteiger partial charge in [-0.05, 0) is 29.3 Å². The van der Waals surface area contributed by atoms with Gasteiger partial charge in [0.25, 0.3) is 0 Å². The van der Waals surface area contributed by atoms with E-state index in [-0.39, 0.29) is 0 Å². The Kier molecular flexibility index (Phi) is 7.70. The fourth-order valence-electron chi connectivity index (χ4n) is 3.22. The van der Waals surface area contributed by atoms with E-state index in [9.17, 15) is 4.79 Å². The molecule has 3 aromatic rings. The molecule has 5 heteroatoms. The van der Waals surface area contributed by atoms with E-state index in [1.54, 1.807) is 32.4 Å². The lowest BCUT2D eigenvalue weighted by atomic mass is 10.00. The molecule has 0 amide bonds. The van der Waals surface area contributed by atoms with Crippen LogP contribution in [0.5, 0.6) is 17.2 Å². The number of nitrogens with zero attached hydrogens (tertiary/aromatic N) is 1. The number of hydrogen-bond acceptors (Lipinski definition) is 5. The maximum absolute atomic E-state index is 12.7. The molecule has 0 aliphatic carbocycles. The molecule has 0 radical (unpaired) electrons. The SMILES string of the molecule is COc1cc(/C=C/c2ccccc2)c(/C(=C\C(=O)Oc2ccccc2)N(C)C)c(OC)c1. The van der Waals surface area contributed by atoms with E-state index in [1.807, 2.05) is 85.7 Å². The molecule has 0 atom stereocenters. The van der Waals surface area contributed by atoms with Crippen LogP contribution >= 0.6 is 0 Å². The van der Waals surface area contributed by atoms with Crippen molar-refractivity contribution in [1.82, 2.24) is 4.90 Å². The maximum atomic E-state index is 12.7. The fraction of sp³-hybridized carbons (Fsp3) is 0.148. The molecule has 0 bridgehead atoms. The number of carbonyl (C=O) groups excluding carboxylic acids is 1. The first kappa shape index (κ1) is 22.7. The molecule has 0 aliphatic rings. The summed E-state index contributed by atoms with van der Waals surface area (Å²) >= 11 is 0. The predicted octanol–water partition coefficient (Wildman–Crippen LogP) is 5.38. The second-order valence-corrected chi connectivity index (χ2v) is 7.20. The minimum atomic E-state index is -0.476. The van der Waals surface area contributed by atoms with Crippen molar-refractivity contribution in [3.63, 3.8) is 0 Å². The van der Waals surface area contributed by atoms with Gasteiger partial charge in [0.15, 0.2) is 0 Å². The third-order valence-electron chi connectivity index (χ3n) is 4.77. The molecule has 0 N–H and O–H groups in total. The quantitative estimate of drug-likeness (QED) is 0.208. The summed E-state index contributed by atoms with van der Waals surface area (Å²) in [6.07, 6.45) is 5.46. The first-order valence-corrected chi connectivity index (χ1v) is 10.2. The summed E-state index contributed by atoms with van der Waals surface area (Å²) in [5.41, 5.74) is 3.31. The lowest BCUT2D eigenvalue weighted by Crippen LogP contribution is -2.15. The number of ether oxygens (including phenoxy) is 3. The van der Waals surface area contributed by atoms with Crippen LogP contribution in [0.3, 0.4) is 0 Å². The number of hydrogen-bond donors (Lipinski definition) is 0. The summed E-state index contributed by atoms with van der Waals surface area (Å²) in [5, 5.41) is 0. The van der Waals surface area contributed by atoms with Crippen molar-refractivity contribution in [3.8, 4) is 17.2 Å². The molecule has 32 heavy (non-hydrogen) atoms. The number of esters is 1. The van der Waals surface area contributed by atoms with Gasteiger partial charge in [-0.15, -0.1) is 0 Å². The first-order chi connectivity index (χ1) is 15.5. The van der Waals surface area contributed by atoms with Crippen molar-refractivity contribution < 1.29 is 19.0 Å². The van der Waals surface area contributed by atoms with Gasteiger partial charge in [0, 0.05) is 31.8 Å². The van der Waals surface area contributed by atoms with Gasteiger partial charge < -0.3 is 19.1 Å². The van der Waals surface area contributed by atoms with E-state index in [0.717, 1.165) is 16.7 Å². The van der Waals surface area contributed by atoms with Crippen LogP contribution in [-0.4, -0.2) is 39.2 Å². The van der Waals surface area contributed by atoms with Gasteiger partial charge in [0.2, 0.25) is 0 Å². The lowest BCUT2D eigenvalue weighted by molar-refractivity contribution is -0.128. The Balaban J connectivity index is 2.08. The third-order valence-corrected chi connectivity index (χ3v) is 4.77. The zero-order valence-electron chi connectivity index (χ0n) is 18.7. The number of methoxy groups -OCH3 is 2. The fourth-order valence-corrected chi connectivity index (χ4v) is 3.22. The highest BCUT2D eigenvalue weighted by Crippen LogP contribution is 2.36. The van der Waals surface area contributed by atoms with Crippen LogP contribution in [0.15, 0.2) is 78.9 Å². The van der Waals surface area contributed by atoms with Crippen LogP contribution in [0.4, 0.5) is 0 Å². The minimum Gasteiger partial charge on any atom is -0.497 e. The Morgan fingerprint density at radius 3 is 2.06 bits per heavy atom. The summed E-state index contributed by atoms with van der Waals surface area (Å²) < 4.78 is 16.6. The zero-order valence-corrected chi connectivity index (χ0v) is 18.7. The van der Waals surface area contributed by atoms with Crippen molar-refractivity contribution in [1.29, 1.82) is 0 Å². The standard InChI is InChI=1S/C27H27NO4/c1-28(2)24(19-26(29)32-22-13-9-6-10-14-22)27-21(16-15-20-11-7-5-8-12-20)17-23(30-3)18-25(27)31-4/h5-19H,1-4H3/b16-15+,24-19+. The normalized spacial score (nSPS) is 11.3. The van der Waals surface area contributed by atoms with E-state index in [2.05, 4.69) is 0 Å². The second-order valence-electron chi connectivity index (χ2n) is 7.20. The number of benzene rings is 3. The average Bonchev–Trinajstić information content (AvgIpc) is 2.82. The number of para-hydroxylation sites is 1. The summed E-state index contributed by atoms with van der Waals surface area (Å²) in [6, 6.07) is 22.7. The van der Waals surface area contributed by atoms with Gasteiger partial charge in [-0.25, -0.2) is 4.79 Å². The van der Waals surface area contributed by atoms with Crippen LogP contribution in [0.25, 0.3) is 17.8 Å². The van der Waals surface area contributed by atoms with Crippen molar-refractivity contribution >= 4 is 23.8 Å². The Bertz CT molecular complexity index is 1100. The summed E-state index contributed by atoms with van der Waals surface area (Å²) in [7, 11) is 6.95. The molecule has 0 spiro atoms. The molecular weight excluding hydrogens is 402 g/mol. The highest BCUT2D eigenvalue weighted by Gasteiger charge is 2.19. The Hall–Kier alpha value is -3.99. The molecule has 0 fully saturated rings. The largest absolute Gasteiger partial charge is 0.497 e. The Labute approximate surface area is 189 Å². The van der Waals surface area contributed by atoms with Gasteiger partial charge in [0.1, 0.15) is 17.2 Å². The van der Waals surface area contributed by atoms with Crippen molar-refractivity contribution in [3.05, 3.63) is 95.6 Å². The van der Waals surface area contributed by atoms with Crippen molar-refractivity contribution in [2.45, 2.75) is 0 Å². The first-order valence-electron chi connectivity index (χ1n) is 10.2. The van der Waals surface area contributed by atoms with E-state index in [4.69, 9.17) is 14.2 Å². The maximum Gasteiger partial charge on any atom is 0.338 e. The molecule has 5 nitrogen and oxygen atoms in total. The zero-order chi connectivity index (χ0) is 22.9. The van der Waals surface area contributed by atoms with E-state index < -0.39 is 5.97 Å². The molecule has 0 aromatic heterocycles. The molecule has 0 unspecified atom stereocenters. The van der Waals surface area contributed by atoms with E-state index in [1.165, 1.54) is 6.08 Å². The van der Waals surface area contributed by atoms with Crippen molar-refractivity contribution in [2.75, 3.05) is 28.3 Å². The molecule has 0 saturated heterocycles. The smallest absolute Gasteiger partial charge is 0.338 e. The summed E-state index contributed by atoms with van der Waals surface area (Å²) in [6.45, 7) is 0. The Morgan fingerprint density at radius 1 is 0.812 bits per heavy atom. The molecule has 3 aromatic carbocycles. The van der Waals surface area contributed by atoms with Crippen LogP contribution in [0.2, 0.25) is 0 Å². The number of rotatable bonds is 8. The minimum absolute atomic E-state index is 0.476. The molecule has 0 heterocycles. The van der Waals surface area contributed by atoms with Crippen LogP contribution < -0.4 is 14.2 Å². The van der Waals surface area contributed by atoms with Crippen LogP contribution in [-0.2, 0) is 4.79 Å². The predicted molar refractivity (Wildman–Crippen MR) is 129 cm³/mol. The van der Waals surface area contributed by atoms with Crippen LogP contribution in [0.1, 0.15) is 16.7 Å². The topological polar surface area (TPSA) is 48.0 Å². The summed E-state index contributed by atoms with van der Waals surface area (Å²) in [5.74, 6) is 1.25. The summed E-state index contributed by atoms with van der Waals surface area (Å²) in [4.78, 5) is 14.6. The monoisotopic (exact) mass is 429 g/mol. The molecule has 3 rings (SSSR count).